The Morgan fingerprint density at radius 3 is 2.90 bits per heavy atom. The van der Waals surface area contributed by atoms with E-state index in [-0.39, 0.29) is 11.6 Å². The van der Waals surface area contributed by atoms with Crippen molar-refractivity contribution in [2.24, 2.45) is 0 Å². The van der Waals surface area contributed by atoms with Crippen molar-refractivity contribution >= 4 is 17.7 Å². The topological polar surface area (TPSA) is 55.1 Å². The summed E-state index contributed by atoms with van der Waals surface area (Å²) in [5, 5.41) is 14.0. The highest BCUT2D eigenvalue weighted by atomic mass is 32.2. The van der Waals surface area contributed by atoms with E-state index in [9.17, 15) is 9.18 Å². The number of benzene rings is 1. The number of aromatic nitrogens is 2. The summed E-state index contributed by atoms with van der Waals surface area (Å²) in [5.74, 6) is -0.783. The van der Waals surface area contributed by atoms with Crippen LogP contribution >= 0.6 is 11.8 Å². The molecular formula is C14H13FN2O2S. The van der Waals surface area contributed by atoms with Crippen molar-refractivity contribution in [3.63, 3.8) is 0 Å². The van der Waals surface area contributed by atoms with Crippen molar-refractivity contribution in [3.05, 3.63) is 41.8 Å². The van der Waals surface area contributed by atoms with Crippen molar-refractivity contribution in [2.45, 2.75) is 23.8 Å². The van der Waals surface area contributed by atoms with E-state index in [1.165, 1.54) is 23.9 Å². The zero-order chi connectivity index (χ0) is 14.1. The normalized spacial score (nSPS) is 14.4. The van der Waals surface area contributed by atoms with Crippen LogP contribution in [0.25, 0.3) is 5.69 Å². The van der Waals surface area contributed by atoms with Gasteiger partial charge in [-0.05, 0) is 37.1 Å². The Kier molecular flexibility index (Phi) is 3.48. The summed E-state index contributed by atoms with van der Waals surface area (Å²) < 4.78 is 15.0. The van der Waals surface area contributed by atoms with Crippen LogP contribution in [0.2, 0.25) is 0 Å². The summed E-state index contributed by atoms with van der Waals surface area (Å²) in [4.78, 5) is 10.7. The molecule has 2 aromatic rings. The maximum atomic E-state index is 13.3. The minimum Gasteiger partial charge on any atom is -0.481 e. The first-order chi connectivity index (χ1) is 9.63. The summed E-state index contributed by atoms with van der Waals surface area (Å²) in [7, 11) is 0. The van der Waals surface area contributed by atoms with Gasteiger partial charge >= 0.3 is 5.97 Å². The molecule has 1 fully saturated rings. The summed E-state index contributed by atoms with van der Waals surface area (Å²) in [6, 6.07) is 8.07. The number of rotatable bonds is 5. The Morgan fingerprint density at radius 1 is 1.45 bits per heavy atom. The fraction of sp³-hybridized carbons (Fsp3) is 0.286. The predicted octanol–water partition coefficient (Wildman–Crippen LogP) is 3.07. The molecule has 1 N–H and O–H groups in total. The van der Waals surface area contributed by atoms with E-state index < -0.39 is 5.97 Å². The summed E-state index contributed by atoms with van der Waals surface area (Å²) in [5.41, 5.74) is 1.58. The van der Waals surface area contributed by atoms with Gasteiger partial charge in [0.2, 0.25) is 0 Å². The zero-order valence-electron chi connectivity index (χ0n) is 10.6. The van der Waals surface area contributed by atoms with Gasteiger partial charge in [0.15, 0.2) is 0 Å². The van der Waals surface area contributed by atoms with E-state index in [1.807, 2.05) is 6.07 Å². The number of aliphatic carboxylic acids is 1. The molecular weight excluding hydrogens is 279 g/mol. The molecule has 1 aromatic heterocycles. The van der Waals surface area contributed by atoms with Crippen LogP contribution in [0.5, 0.6) is 0 Å². The number of hydrogen-bond acceptors (Lipinski definition) is 3. The van der Waals surface area contributed by atoms with Crippen molar-refractivity contribution < 1.29 is 14.3 Å². The molecule has 20 heavy (non-hydrogen) atoms. The molecule has 4 nitrogen and oxygen atoms in total. The number of carbonyl (C=O) groups is 1. The lowest BCUT2D eigenvalue weighted by atomic mass is 10.3. The monoisotopic (exact) mass is 292 g/mol. The van der Waals surface area contributed by atoms with Crippen LogP contribution in [-0.2, 0) is 4.79 Å². The average molecular weight is 292 g/mol. The fourth-order valence-electron chi connectivity index (χ4n) is 1.99. The van der Waals surface area contributed by atoms with E-state index in [0.717, 1.165) is 23.6 Å². The lowest BCUT2D eigenvalue weighted by Crippen LogP contribution is -2.02. The molecule has 0 aliphatic heterocycles. The molecule has 1 aliphatic carbocycles. The number of halogens is 1. The maximum absolute atomic E-state index is 13.3. The highest BCUT2D eigenvalue weighted by Crippen LogP contribution is 2.41. The molecule has 1 aromatic carbocycles. The summed E-state index contributed by atoms with van der Waals surface area (Å²) in [6.07, 6.45) is 2.23. The van der Waals surface area contributed by atoms with Gasteiger partial charge in [-0.3, -0.25) is 4.79 Å². The van der Waals surface area contributed by atoms with E-state index >= 15 is 0 Å². The van der Waals surface area contributed by atoms with Crippen LogP contribution in [0.4, 0.5) is 4.39 Å². The Bertz CT molecular complexity index is 652. The number of carboxylic acids is 1. The van der Waals surface area contributed by atoms with Gasteiger partial charge in [0, 0.05) is 5.92 Å². The van der Waals surface area contributed by atoms with E-state index in [1.54, 1.807) is 16.8 Å². The standard InChI is InChI=1S/C14H13FN2O2S/c15-10-2-1-3-11(6-10)17-13(20-8-14(18)19)7-12(16-17)9-4-5-9/h1-3,6-7,9H,4-5,8H2,(H,18,19). The van der Waals surface area contributed by atoms with Gasteiger partial charge in [0.1, 0.15) is 10.8 Å². The Hall–Kier alpha value is -1.82. The Balaban J connectivity index is 1.96. The van der Waals surface area contributed by atoms with E-state index in [2.05, 4.69) is 5.10 Å². The average Bonchev–Trinajstić information content (AvgIpc) is 3.17. The molecule has 0 bridgehead atoms. The molecule has 1 heterocycles. The Morgan fingerprint density at radius 2 is 2.25 bits per heavy atom. The number of nitrogens with zero attached hydrogens (tertiary/aromatic N) is 2. The first-order valence-electron chi connectivity index (χ1n) is 6.34. The Labute approximate surface area is 119 Å². The second kappa shape index (κ2) is 5.28. The van der Waals surface area contributed by atoms with Gasteiger partial charge in [0.05, 0.1) is 17.1 Å². The molecule has 0 radical (unpaired) electrons. The minimum atomic E-state index is -0.880. The van der Waals surface area contributed by atoms with E-state index in [0.29, 0.717) is 11.6 Å². The predicted molar refractivity (Wildman–Crippen MR) is 73.9 cm³/mol. The van der Waals surface area contributed by atoms with Crippen LogP contribution in [-0.4, -0.2) is 26.6 Å². The highest BCUT2D eigenvalue weighted by molar-refractivity contribution is 7.99. The lowest BCUT2D eigenvalue weighted by molar-refractivity contribution is -0.133. The molecule has 0 atom stereocenters. The van der Waals surface area contributed by atoms with Crippen LogP contribution in [0, 0.1) is 5.82 Å². The SMILES string of the molecule is O=C(O)CSc1cc(C2CC2)nn1-c1cccc(F)c1. The van der Waals surface area contributed by atoms with Crippen LogP contribution in [0.1, 0.15) is 24.5 Å². The second-order valence-corrected chi connectivity index (χ2v) is 5.75. The van der Waals surface area contributed by atoms with Crippen LogP contribution < -0.4 is 0 Å². The van der Waals surface area contributed by atoms with Gasteiger partial charge in [-0.25, -0.2) is 9.07 Å². The third-order valence-corrected chi connectivity index (χ3v) is 4.07. The summed E-state index contributed by atoms with van der Waals surface area (Å²) in [6.45, 7) is 0. The first kappa shape index (κ1) is 13.2. The highest BCUT2D eigenvalue weighted by Gasteiger charge is 2.27. The van der Waals surface area contributed by atoms with Gasteiger partial charge < -0.3 is 5.11 Å². The molecule has 104 valence electrons. The van der Waals surface area contributed by atoms with Gasteiger partial charge in [0.25, 0.3) is 0 Å². The molecule has 1 saturated carbocycles. The number of thioether (sulfide) groups is 1. The zero-order valence-corrected chi connectivity index (χ0v) is 11.4. The van der Waals surface area contributed by atoms with Crippen LogP contribution in [0.3, 0.4) is 0 Å². The van der Waals surface area contributed by atoms with Crippen LogP contribution in [0.15, 0.2) is 35.4 Å². The second-order valence-electron chi connectivity index (χ2n) is 4.76. The molecule has 0 saturated heterocycles. The third-order valence-electron chi connectivity index (χ3n) is 3.09. The van der Waals surface area contributed by atoms with Crippen molar-refractivity contribution in [1.29, 1.82) is 0 Å². The quantitative estimate of drug-likeness (QED) is 0.861. The smallest absolute Gasteiger partial charge is 0.313 e. The number of hydrogen-bond donors (Lipinski definition) is 1. The molecule has 6 heteroatoms. The number of carboxylic acid groups (broad SMARTS) is 1. The first-order valence-corrected chi connectivity index (χ1v) is 7.32. The van der Waals surface area contributed by atoms with Crippen molar-refractivity contribution in [1.82, 2.24) is 9.78 Å². The third kappa shape index (κ3) is 2.85. The van der Waals surface area contributed by atoms with Crippen molar-refractivity contribution in [2.75, 3.05) is 5.75 Å². The maximum Gasteiger partial charge on any atom is 0.313 e. The molecule has 0 unspecified atom stereocenters. The lowest BCUT2D eigenvalue weighted by Gasteiger charge is -2.06. The fourth-order valence-corrected chi connectivity index (χ4v) is 2.74. The summed E-state index contributed by atoms with van der Waals surface area (Å²) >= 11 is 1.20. The molecule has 3 rings (SSSR count). The van der Waals surface area contributed by atoms with Gasteiger partial charge in [-0.15, -0.1) is 0 Å². The largest absolute Gasteiger partial charge is 0.481 e. The van der Waals surface area contributed by atoms with E-state index in [4.69, 9.17) is 5.11 Å². The van der Waals surface area contributed by atoms with Crippen molar-refractivity contribution in [3.8, 4) is 5.69 Å². The minimum absolute atomic E-state index is 0.0366. The van der Waals surface area contributed by atoms with Gasteiger partial charge in [-0.1, -0.05) is 17.8 Å². The molecule has 0 amide bonds. The van der Waals surface area contributed by atoms with Gasteiger partial charge in [-0.2, -0.15) is 5.10 Å². The molecule has 0 spiro atoms. The molecule has 1 aliphatic rings.